The Kier molecular flexibility index (Phi) is 5.17. The molecule has 1 saturated heterocycles. The number of aliphatic hydroxyl groups excluding tert-OH is 1. The molecule has 2 heterocycles. The fraction of sp³-hybridized carbons (Fsp3) is 0.538. The summed E-state index contributed by atoms with van der Waals surface area (Å²) in [5.74, 6) is 0.0997. The van der Waals surface area contributed by atoms with Crippen LogP contribution in [0, 0.1) is 0 Å². The van der Waals surface area contributed by atoms with Crippen LogP contribution in [0.25, 0.3) is 0 Å². The molecule has 3 N–H and O–H groups in total. The Hall–Kier alpha value is -1.37. The van der Waals surface area contributed by atoms with Gasteiger partial charge in [0.25, 0.3) is 5.91 Å². The second-order valence-corrected chi connectivity index (χ2v) is 5.18. The van der Waals surface area contributed by atoms with Crippen molar-refractivity contribution in [2.75, 3.05) is 45.1 Å². The summed E-state index contributed by atoms with van der Waals surface area (Å²) in [4.78, 5) is 20.4. The molecule has 110 valence electrons. The summed E-state index contributed by atoms with van der Waals surface area (Å²) in [5, 5.41) is 9.29. The molecule has 0 bridgehead atoms. The van der Waals surface area contributed by atoms with E-state index in [4.69, 9.17) is 22.4 Å². The number of carbonyl (C=O) groups excluding carboxylic acids is 1. The monoisotopic (exact) mass is 298 g/mol. The normalized spacial score (nSPS) is 17.0. The molecule has 1 aliphatic rings. The Labute approximate surface area is 123 Å². The van der Waals surface area contributed by atoms with Gasteiger partial charge in [0.1, 0.15) is 11.5 Å². The van der Waals surface area contributed by atoms with E-state index in [9.17, 15) is 4.79 Å². The van der Waals surface area contributed by atoms with Crippen LogP contribution in [0.1, 0.15) is 16.9 Å². The van der Waals surface area contributed by atoms with E-state index in [2.05, 4.69) is 9.88 Å². The van der Waals surface area contributed by atoms with E-state index in [1.165, 1.54) is 0 Å². The highest BCUT2D eigenvalue weighted by atomic mass is 35.5. The number of nitrogens with two attached hydrogens (primary N) is 1. The zero-order valence-corrected chi connectivity index (χ0v) is 12.0. The van der Waals surface area contributed by atoms with Crippen molar-refractivity contribution < 1.29 is 9.90 Å². The van der Waals surface area contributed by atoms with Crippen molar-refractivity contribution in [2.45, 2.75) is 6.42 Å². The van der Waals surface area contributed by atoms with E-state index >= 15 is 0 Å². The van der Waals surface area contributed by atoms with Gasteiger partial charge in [0.15, 0.2) is 0 Å². The van der Waals surface area contributed by atoms with E-state index in [-0.39, 0.29) is 24.0 Å². The molecule has 1 fully saturated rings. The maximum atomic E-state index is 12.4. The number of hydrogen-bond acceptors (Lipinski definition) is 5. The van der Waals surface area contributed by atoms with Crippen LogP contribution in [0.15, 0.2) is 12.1 Å². The Bertz CT molecular complexity index is 483. The van der Waals surface area contributed by atoms with Crippen molar-refractivity contribution in [3.8, 4) is 0 Å². The molecule has 6 nitrogen and oxygen atoms in total. The maximum Gasteiger partial charge on any atom is 0.274 e. The van der Waals surface area contributed by atoms with Crippen LogP contribution in [0.5, 0.6) is 0 Å². The van der Waals surface area contributed by atoms with Gasteiger partial charge in [-0.25, -0.2) is 4.98 Å². The molecule has 0 aromatic carbocycles. The largest absolute Gasteiger partial charge is 0.395 e. The van der Waals surface area contributed by atoms with Gasteiger partial charge >= 0.3 is 0 Å². The van der Waals surface area contributed by atoms with Crippen molar-refractivity contribution in [3.63, 3.8) is 0 Å². The molecule has 0 atom stereocenters. The van der Waals surface area contributed by atoms with Gasteiger partial charge in [-0.05, 0) is 25.1 Å². The maximum absolute atomic E-state index is 12.4. The lowest BCUT2D eigenvalue weighted by Gasteiger charge is -2.21. The minimum atomic E-state index is -0.187. The number of hydrogen-bond donors (Lipinski definition) is 2. The first-order chi connectivity index (χ1) is 9.61. The van der Waals surface area contributed by atoms with E-state index < -0.39 is 0 Å². The standard InChI is InChI=1S/C13H19ClN4O2/c14-10-2-3-11(15)16-12(10)13(20)18-5-1-4-17(6-7-18)8-9-19/h2-3,19H,1,4-9H2,(H2,15,16). The molecular weight excluding hydrogens is 280 g/mol. The van der Waals surface area contributed by atoms with Gasteiger partial charge in [-0.1, -0.05) is 11.6 Å². The summed E-state index contributed by atoms with van der Waals surface area (Å²) >= 11 is 6.02. The molecule has 1 aromatic heterocycles. The number of nitrogen functional groups attached to an aromatic ring is 1. The van der Waals surface area contributed by atoms with Gasteiger partial charge in [0, 0.05) is 26.2 Å². The van der Waals surface area contributed by atoms with Gasteiger partial charge in [-0.15, -0.1) is 0 Å². The third-order valence-corrected chi connectivity index (χ3v) is 3.67. The molecule has 1 amide bonds. The number of anilines is 1. The number of pyridine rings is 1. The summed E-state index contributed by atoms with van der Waals surface area (Å²) in [6.45, 7) is 3.66. The molecule has 0 spiro atoms. The first-order valence-corrected chi connectivity index (χ1v) is 7.04. The molecule has 0 aliphatic carbocycles. The fourth-order valence-electron chi connectivity index (χ4n) is 2.30. The highest BCUT2D eigenvalue weighted by Crippen LogP contribution is 2.18. The lowest BCUT2D eigenvalue weighted by Crippen LogP contribution is -2.36. The van der Waals surface area contributed by atoms with Crippen LogP contribution in [0.4, 0.5) is 5.82 Å². The average molecular weight is 299 g/mol. The Morgan fingerprint density at radius 2 is 2.15 bits per heavy atom. The predicted octanol–water partition coefficient (Wildman–Crippen LogP) is 0.457. The van der Waals surface area contributed by atoms with E-state index in [1.54, 1.807) is 17.0 Å². The summed E-state index contributed by atoms with van der Waals surface area (Å²) in [7, 11) is 0. The molecule has 0 radical (unpaired) electrons. The number of aromatic nitrogens is 1. The van der Waals surface area contributed by atoms with Crippen LogP contribution >= 0.6 is 11.6 Å². The summed E-state index contributed by atoms with van der Waals surface area (Å²) < 4.78 is 0. The zero-order chi connectivity index (χ0) is 14.5. The van der Waals surface area contributed by atoms with Crippen molar-refractivity contribution in [1.82, 2.24) is 14.8 Å². The molecule has 0 saturated carbocycles. The van der Waals surface area contributed by atoms with Gasteiger partial charge in [-0.3, -0.25) is 9.69 Å². The molecule has 1 aromatic rings. The smallest absolute Gasteiger partial charge is 0.274 e. The van der Waals surface area contributed by atoms with Crippen molar-refractivity contribution in [1.29, 1.82) is 0 Å². The summed E-state index contributed by atoms with van der Waals surface area (Å²) in [6, 6.07) is 3.16. The SMILES string of the molecule is Nc1ccc(Cl)c(C(=O)N2CCCN(CCO)CC2)n1. The van der Waals surface area contributed by atoms with Crippen LogP contribution < -0.4 is 5.73 Å². The molecule has 1 aliphatic heterocycles. The quantitative estimate of drug-likeness (QED) is 0.847. The number of halogens is 1. The molecule has 7 heteroatoms. The van der Waals surface area contributed by atoms with Crippen LogP contribution in [0.3, 0.4) is 0 Å². The predicted molar refractivity (Wildman–Crippen MR) is 77.7 cm³/mol. The van der Waals surface area contributed by atoms with Gasteiger partial charge in [0.2, 0.25) is 0 Å². The van der Waals surface area contributed by atoms with Crippen LogP contribution in [-0.2, 0) is 0 Å². The minimum Gasteiger partial charge on any atom is -0.395 e. The van der Waals surface area contributed by atoms with E-state index in [0.29, 0.717) is 24.7 Å². The van der Waals surface area contributed by atoms with Gasteiger partial charge < -0.3 is 15.7 Å². The second-order valence-electron chi connectivity index (χ2n) is 4.78. The Balaban J connectivity index is 2.07. The summed E-state index contributed by atoms with van der Waals surface area (Å²) in [6.07, 6.45) is 0.867. The Morgan fingerprint density at radius 3 is 2.90 bits per heavy atom. The molecule has 2 rings (SSSR count). The number of β-amino-alcohol motifs (C(OH)–C–C–N with tert-alkyl or cyclic N) is 1. The lowest BCUT2D eigenvalue weighted by molar-refractivity contribution is 0.0755. The van der Waals surface area contributed by atoms with Crippen molar-refractivity contribution in [2.24, 2.45) is 0 Å². The minimum absolute atomic E-state index is 0.135. The van der Waals surface area contributed by atoms with Crippen molar-refractivity contribution >= 4 is 23.3 Å². The van der Waals surface area contributed by atoms with Crippen LogP contribution in [0.2, 0.25) is 5.02 Å². The highest BCUT2D eigenvalue weighted by Gasteiger charge is 2.23. The zero-order valence-electron chi connectivity index (χ0n) is 11.3. The third-order valence-electron chi connectivity index (χ3n) is 3.36. The van der Waals surface area contributed by atoms with Gasteiger partial charge in [-0.2, -0.15) is 0 Å². The number of carbonyl (C=O) groups is 1. The number of amides is 1. The topological polar surface area (TPSA) is 82.7 Å². The van der Waals surface area contributed by atoms with Crippen LogP contribution in [-0.4, -0.2) is 65.1 Å². The highest BCUT2D eigenvalue weighted by molar-refractivity contribution is 6.33. The van der Waals surface area contributed by atoms with Crippen molar-refractivity contribution in [3.05, 3.63) is 22.8 Å². The molecular formula is C13H19ClN4O2. The first kappa shape index (κ1) is 15.0. The van der Waals surface area contributed by atoms with Gasteiger partial charge in [0.05, 0.1) is 11.6 Å². The number of rotatable bonds is 3. The fourth-order valence-corrected chi connectivity index (χ4v) is 2.48. The second kappa shape index (κ2) is 6.88. The Morgan fingerprint density at radius 1 is 1.35 bits per heavy atom. The number of aliphatic hydroxyl groups is 1. The molecule has 0 unspecified atom stereocenters. The molecule has 20 heavy (non-hydrogen) atoms. The average Bonchev–Trinajstić information content (AvgIpc) is 2.67. The van der Waals surface area contributed by atoms with E-state index in [1.807, 2.05) is 0 Å². The third kappa shape index (κ3) is 3.59. The number of nitrogens with zero attached hydrogens (tertiary/aromatic N) is 3. The summed E-state index contributed by atoms with van der Waals surface area (Å²) in [5.41, 5.74) is 5.82. The lowest BCUT2D eigenvalue weighted by atomic mass is 10.3. The van der Waals surface area contributed by atoms with E-state index in [0.717, 1.165) is 19.5 Å². The first-order valence-electron chi connectivity index (χ1n) is 6.66.